The first kappa shape index (κ1) is 17.6. The second-order valence-corrected chi connectivity index (χ2v) is 6.62. The van der Waals surface area contributed by atoms with Gasteiger partial charge in [-0.25, -0.2) is 0 Å². The number of aryl methyl sites for hydroxylation is 1. The molecule has 130 valence electrons. The normalized spacial score (nSPS) is 10.7. The zero-order valence-electron chi connectivity index (χ0n) is 14.2. The molecule has 25 heavy (non-hydrogen) atoms. The van der Waals surface area contributed by atoms with E-state index in [0.717, 1.165) is 40.6 Å². The fourth-order valence-electron chi connectivity index (χ4n) is 2.83. The minimum absolute atomic E-state index is 0.598. The lowest BCUT2D eigenvalue weighted by atomic mass is 10.1. The van der Waals surface area contributed by atoms with Gasteiger partial charge in [0.1, 0.15) is 5.75 Å². The van der Waals surface area contributed by atoms with Gasteiger partial charge in [-0.2, -0.15) is 0 Å². The van der Waals surface area contributed by atoms with Crippen molar-refractivity contribution in [2.24, 2.45) is 0 Å². The third-order valence-corrected chi connectivity index (χ3v) is 4.57. The van der Waals surface area contributed by atoms with Crippen molar-refractivity contribution in [3.8, 4) is 5.75 Å². The van der Waals surface area contributed by atoms with Crippen LogP contribution >= 0.6 is 23.8 Å². The fourth-order valence-corrected chi connectivity index (χ4v) is 3.22. The summed E-state index contributed by atoms with van der Waals surface area (Å²) in [6, 6.07) is 13.6. The molecule has 0 spiro atoms. The smallest absolute Gasteiger partial charge is 0.170 e. The number of hydrogen-bond donors (Lipinski definition) is 3. The Labute approximate surface area is 157 Å². The summed E-state index contributed by atoms with van der Waals surface area (Å²) in [5.74, 6) is 0.817. The van der Waals surface area contributed by atoms with Gasteiger partial charge in [0.2, 0.25) is 0 Å². The molecule has 0 atom stereocenters. The first-order valence-electron chi connectivity index (χ1n) is 8.02. The summed E-state index contributed by atoms with van der Waals surface area (Å²) in [5.41, 5.74) is 4.45. The Balaban J connectivity index is 1.58. The molecule has 0 saturated heterocycles. The standard InChI is InChI=1S/C19H20ClN3OS/c1-12-16(17-11-13(20)3-8-18(17)22-12)9-10-21-19(25)23-14-4-6-15(24-2)7-5-14/h3-8,11,22H,9-10H2,1-2H3,(H2,21,23,25). The summed E-state index contributed by atoms with van der Waals surface area (Å²) < 4.78 is 5.15. The predicted molar refractivity (Wildman–Crippen MR) is 109 cm³/mol. The highest BCUT2D eigenvalue weighted by molar-refractivity contribution is 7.80. The summed E-state index contributed by atoms with van der Waals surface area (Å²) >= 11 is 11.5. The molecule has 0 aliphatic heterocycles. The van der Waals surface area contributed by atoms with Crippen LogP contribution in [0.25, 0.3) is 10.9 Å². The summed E-state index contributed by atoms with van der Waals surface area (Å²) in [5, 5.41) is 8.93. The molecule has 3 aromatic rings. The van der Waals surface area contributed by atoms with E-state index in [-0.39, 0.29) is 0 Å². The molecular formula is C19H20ClN3OS. The van der Waals surface area contributed by atoms with Gasteiger partial charge in [0.05, 0.1) is 7.11 Å². The van der Waals surface area contributed by atoms with Crippen LogP contribution in [0.4, 0.5) is 5.69 Å². The molecule has 0 aliphatic carbocycles. The van der Waals surface area contributed by atoms with Crippen molar-refractivity contribution in [1.29, 1.82) is 0 Å². The molecule has 3 rings (SSSR count). The van der Waals surface area contributed by atoms with Crippen molar-refractivity contribution in [2.75, 3.05) is 19.0 Å². The first-order chi connectivity index (χ1) is 12.1. The topological polar surface area (TPSA) is 49.1 Å². The molecule has 0 amide bonds. The number of H-pyrrole nitrogens is 1. The lowest BCUT2D eigenvalue weighted by Gasteiger charge is -2.11. The minimum Gasteiger partial charge on any atom is -0.497 e. The largest absolute Gasteiger partial charge is 0.497 e. The Morgan fingerprint density at radius 2 is 1.96 bits per heavy atom. The molecule has 0 bridgehead atoms. The number of halogens is 1. The number of methoxy groups -OCH3 is 1. The van der Waals surface area contributed by atoms with Crippen LogP contribution in [0, 0.1) is 6.92 Å². The number of rotatable bonds is 5. The van der Waals surface area contributed by atoms with E-state index in [9.17, 15) is 0 Å². The molecule has 3 N–H and O–H groups in total. The Morgan fingerprint density at radius 3 is 2.68 bits per heavy atom. The van der Waals surface area contributed by atoms with Crippen molar-refractivity contribution in [2.45, 2.75) is 13.3 Å². The molecular weight excluding hydrogens is 354 g/mol. The van der Waals surface area contributed by atoms with Gasteiger partial charge in [-0.3, -0.25) is 0 Å². The van der Waals surface area contributed by atoms with E-state index in [1.807, 2.05) is 42.5 Å². The summed E-state index contributed by atoms with van der Waals surface area (Å²) in [4.78, 5) is 3.40. The maximum atomic E-state index is 6.13. The number of hydrogen-bond acceptors (Lipinski definition) is 2. The van der Waals surface area contributed by atoms with E-state index in [0.29, 0.717) is 5.11 Å². The van der Waals surface area contributed by atoms with E-state index in [4.69, 9.17) is 28.6 Å². The highest BCUT2D eigenvalue weighted by Crippen LogP contribution is 2.25. The van der Waals surface area contributed by atoms with Gasteiger partial charge in [-0.15, -0.1) is 0 Å². The van der Waals surface area contributed by atoms with Crippen LogP contribution in [0.2, 0.25) is 5.02 Å². The highest BCUT2D eigenvalue weighted by Gasteiger charge is 2.09. The molecule has 1 heterocycles. The average Bonchev–Trinajstić information content (AvgIpc) is 2.91. The Bertz CT molecular complexity index is 890. The predicted octanol–water partition coefficient (Wildman–Crippen LogP) is 4.67. The van der Waals surface area contributed by atoms with E-state index in [1.54, 1.807) is 7.11 Å². The van der Waals surface area contributed by atoms with E-state index in [2.05, 4.69) is 22.5 Å². The number of benzene rings is 2. The van der Waals surface area contributed by atoms with Gasteiger partial charge < -0.3 is 20.4 Å². The first-order valence-corrected chi connectivity index (χ1v) is 8.81. The van der Waals surface area contributed by atoms with Crippen molar-refractivity contribution >= 4 is 45.5 Å². The lowest BCUT2D eigenvalue weighted by molar-refractivity contribution is 0.415. The fraction of sp³-hybridized carbons (Fsp3) is 0.211. The zero-order chi connectivity index (χ0) is 17.8. The van der Waals surface area contributed by atoms with Crippen LogP contribution in [0.3, 0.4) is 0 Å². The van der Waals surface area contributed by atoms with Gasteiger partial charge in [0, 0.05) is 33.9 Å². The van der Waals surface area contributed by atoms with Crippen molar-refractivity contribution in [1.82, 2.24) is 10.3 Å². The summed E-state index contributed by atoms with van der Waals surface area (Å²) in [7, 11) is 1.65. The Kier molecular flexibility index (Phi) is 5.46. The van der Waals surface area contributed by atoms with Crippen LogP contribution in [0.1, 0.15) is 11.3 Å². The van der Waals surface area contributed by atoms with Crippen LogP contribution in [-0.2, 0) is 6.42 Å². The van der Waals surface area contributed by atoms with Crippen LogP contribution in [0.5, 0.6) is 5.75 Å². The van der Waals surface area contributed by atoms with Gasteiger partial charge in [-0.1, -0.05) is 11.6 Å². The van der Waals surface area contributed by atoms with E-state index >= 15 is 0 Å². The Morgan fingerprint density at radius 1 is 1.20 bits per heavy atom. The minimum atomic E-state index is 0.598. The maximum Gasteiger partial charge on any atom is 0.170 e. The molecule has 0 unspecified atom stereocenters. The Hall–Kier alpha value is -2.24. The molecule has 0 fully saturated rings. The monoisotopic (exact) mass is 373 g/mol. The number of anilines is 1. The SMILES string of the molecule is COc1ccc(NC(=S)NCCc2c(C)[nH]c3ccc(Cl)cc23)cc1. The number of nitrogens with one attached hydrogen (secondary N) is 3. The molecule has 0 radical (unpaired) electrons. The second-order valence-electron chi connectivity index (χ2n) is 5.78. The van der Waals surface area contributed by atoms with Crippen LogP contribution in [0.15, 0.2) is 42.5 Å². The lowest BCUT2D eigenvalue weighted by Crippen LogP contribution is -2.30. The molecule has 4 nitrogen and oxygen atoms in total. The number of fused-ring (bicyclic) bond motifs is 1. The van der Waals surface area contributed by atoms with Crippen LogP contribution in [-0.4, -0.2) is 23.8 Å². The second kappa shape index (κ2) is 7.76. The molecule has 6 heteroatoms. The average molecular weight is 374 g/mol. The van der Waals surface area contributed by atoms with Crippen LogP contribution < -0.4 is 15.4 Å². The van der Waals surface area contributed by atoms with Gasteiger partial charge >= 0.3 is 0 Å². The third-order valence-electron chi connectivity index (χ3n) is 4.09. The van der Waals surface area contributed by atoms with Crippen molar-refractivity contribution < 1.29 is 4.74 Å². The van der Waals surface area contributed by atoms with Gasteiger partial charge in [0.15, 0.2) is 5.11 Å². The number of ether oxygens (including phenoxy) is 1. The highest BCUT2D eigenvalue weighted by atomic mass is 35.5. The zero-order valence-corrected chi connectivity index (χ0v) is 15.7. The van der Waals surface area contributed by atoms with Crippen molar-refractivity contribution in [3.05, 3.63) is 58.7 Å². The molecule has 1 aromatic heterocycles. The van der Waals surface area contributed by atoms with E-state index in [1.165, 1.54) is 10.9 Å². The number of aromatic nitrogens is 1. The molecule has 0 saturated carbocycles. The number of aromatic amines is 1. The quantitative estimate of drug-likeness (QED) is 0.569. The summed E-state index contributed by atoms with van der Waals surface area (Å²) in [6.07, 6.45) is 0.858. The van der Waals surface area contributed by atoms with Crippen molar-refractivity contribution in [3.63, 3.8) is 0 Å². The molecule has 0 aliphatic rings. The number of thiocarbonyl (C=S) groups is 1. The molecule has 2 aromatic carbocycles. The maximum absolute atomic E-state index is 6.13. The van der Waals surface area contributed by atoms with Gasteiger partial charge in [-0.05, 0) is 73.6 Å². The summed E-state index contributed by atoms with van der Waals surface area (Å²) in [6.45, 7) is 2.82. The third kappa shape index (κ3) is 4.24. The van der Waals surface area contributed by atoms with Gasteiger partial charge in [0.25, 0.3) is 0 Å². The van der Waals surface area contributed by atoms with E-state index < -0.39 is 0 Å².